The van der Waals surface area contributed by atoms with Gasteiger partial charge in [0.05, 0.1) is 6.26 Å². The van der Waals surface area contributed by atoms with E-state index in [2.05, 4.69) is 26.1 Å². The van der Waals surface area contributed by atoms with Gasteiger partial charge in [-0.3, -0.25) is 0 Å². The molecule has 1 aliphatic rings. The van der Waals surface area contributed by atoms with Gasteiger partial charge in [-0.25, -0.2) is 12.7 Å². The molecule has 0 saturated carbocycles. The van der Waals surface area contributed by atoms with Crippen LogP contribution < -0.4 is 5.32 Å². The van der Waals surface area contributed by atoms with Crippen LogP contribution in [0.15, 0.2) is 0 Å². The Morgan fingerprint density at radius 2 is 2.05 bits per heavy atom. The van der Waals surface area contributed by atoms with Crippen LogP contribution in [0.2, 0.25) is 0 Å². The van der Waals surface area contributed by atoms with Crippen molar-refractivity contribution < 1.29 is 8.42 Å². The molecule has 3 atom stereocenters. The second kappa shape index (κ2) is 7.60. The first kappa shape index (κ1) is 16.9. The molecule has 0 aromatic heterocycles. The zero-order chi connectivity index (χ0) is 14.5. The van der Waals surface area contributed by atoms with Crippen molar-refractivity contribution in [2.75, 3.05) is 25.9 Å². The fourth-order valence-corrected chi connectivity index (χ4v) is 4.10. The van der Waals surface area contributed by atoms with E-state index in [0.717, 1.165) is 25.8 Å². The van der Waals surface area contributed by atoms with Crippen LogP contribution >= 0.6 is 0 Å². The lowest BCUT2D eigenvalue weighted by molar-refractivity contribution is 0.210. The number of piperidine rings is 1. The second-order valence-corrected chi connectivity index (χ2v) is 7.86. The minimum Gasteiger partial charge on any atom is -0.314 e. The van der Waals surface area contributed by atoms with Crippen molar-refractivity contribution in [1.82, 2.24) is 9.62 Å². The fourth-order valence-electron chi connectivity index (χ4n) is 3.16. The molecule has 1 heterocycles. The highest BCUT2D eigenvalue weighted by molar-refractivity contribution is 7.88. The number of nitrogens with zero attached hydrogens (tertiary/aromatic N) is 1. The van der Waals surface area contributed by atoms with Gasteiger partial charge in [0.2, 0.25) is 10.0 Å². The summed E-state index contributed by atoms with van der Waals surface area (Å²) in [6.07, 6.45) is 5.79. The number of rotatable bonds is 7. The Morgan fingerprint density at radius 3 is 2.58 bits per heavy atom. The van der Waals surface area contributed by atoms with E-state index in [1.54, 1.807) is 4.31 Å². The average Bonchev–Trinajstić information content (AvgIpc) is 2.35. The van der Waals surface area contributed by atoms with Gasteiger partial charge in [-0.1, -0.05) is 20.3 Å². The minimum absolute atomic E-state index is 0.517. The standard InChI is InChI=1S/C14H30N2O2S/c1-5-14(12(3)15-6-2)10-13-8-7-9-16(11-13)19(4,17)18/h12-15H,5-11H2,1-4H3. The van der Waals surface area contributed by atoms with Crippen molar-refractivity contribution in [3.63, 3.8) is 0 Å². The second-order valence-electron chi connectivity index (χ2n) is 5.88. The molecule has 0 bridgehead atoms. The average molecular weight is 290 g/mol. The van der Waals surface area contributed by atoms with Gasteiger partial charge >= 0.3 is 0 Å². The van der Waals surface area contributed by atoms with Crippen molar-refractivity contribution in [1.29, 1.82) is 0 Å². The predicted molar refractivity (Wildman–Crippen MR) is 80.7 cm³/mol. The summed E-state index contributed by atoms with van der Waals surface area (Å²) in [6, 6.07) is 0.517. The third kappa shape index (κ3) is 5.40. The number of hydrogen-bond acceptors (Lipinski definition) is 3. The molecule has 1 aliphatic heterocycles. The van der Waals surface area contributed by atoms with Crippen LogP contribution in [0, 0.1) is 11.8 Å². The topological polar surface area (TPSA) is 49.4 Å². The largest absolute Gasteiger partial charge is 0.314 e. The van der Waals surface area contributed by atoms with Crippen LogP contribution in [0.5, 0.6) is 0 Å². The Kier molecular flexibility index (Phi) is 6.77. The fraction of sp³-hybridized carbons (Fsp3) is 1.00. The van der Waals surface area contributed by atoms with E-state index in [1.807, 2.05) is 0 Å². The van der Waals surface area contributed by atoms with Crippen LogP contribution in [0.1, 0.15) is 46.5 Å². The summed E-state index contributed by atoms with van der Waals surface area (Å²) < 4.78 is 24.9. The predicted octanol–water partition coefficient (Wildman–Crippen LogP) is 2.07. The van der Waals surface area contributed by atoms with E-state index >= 15 is 0 Å². The van der Waals surface area contributed by atoms with E-state index in [0.29, 0.717) is 31.0 Å². The molecule has 0 aliphatic carbocycles. The van der Waals surface area contributed by atoms with Gasteiger partial charge in [-0.05, 0) is 44.6 Å². The molecular formula is C14H30N2O2S. The highest BCUT2D eigenvalue weighted by Crippen LogP contribution is 2.27. The van der Waals surface area contributed by atoms with Crippen LogP contribution in [0.4, 0.5) is 0 Å². The normalized spacial score (nSPS) is 25.2. The Labute approximate surface area is 119 Å². The van der Waals surface area contributed by atoms with Gasteiger partial charge in [0.1, 0.15) is 0 Å². The smallest absolute Gasteiger partial charge is 0.211 e. The molecule has 1 fully saturated rings. The maximum absolute atomic E-state index is 11.6. The first-order valence-electron chi connectivity index (χ1n) is 7.56. The molecule has 5 heteroatoms. The van der Waals surface area contributed by atoms with Gasteiger partial charge in [-0.2, -0.15) is 0 Å². The molecule has 1 saturated heterocycles. The molecule has 0 amide bonds. The van der Waals surface area contributed by atoms with Crippen molar-refractivity contribution in [2.45, 2.75) is 52.5 Å². The summed E-state index contributed by atoms with van der Waals surface area (Å²) in [6.45, 7) is 9.03. The van der Waals surface area contributed by atoms with Gasteiger partial charge in [-0.15, -0.1) is 0 Å². The molecule has 19 heavy (non-hydrogen) atoms. The van der Waals surface area contributed by atoms with Crippen molar-refractivity contribution in [3.05, 3.63) is 0 Å². The summed E-state index contributed by atoms with van der Waals surface area (Å²) in [5.41, 5.74) is 0. The zero-order valence-corrected chi connectivity index (χ0v) is 13.7. The molecule has 4 nitrogen and oxygen atoms in total. The molecular weight excluding hydrogens is 260 g/mol. The van der Waals surface area contributed by atoms with E-state index in [1.165, 1.54) is 12.7 Å². The Hall–Kier alpha value is -0.130. The third-order valence-corrected chi connectivity index (χ3v) is 5.61. The number of sulfonamides is 1. The number of hydrogen-bond donors (Lipinski definition) is 1. The van der Waals surface area contributed by atoms with E-state index in [9.17, 15) is 8.42 Å². The first-order chi connectivity index (χ1) is 8.88. The molecule has 1 N–H and O–H groups in total. The lowest BCUT2D eigenvalue weighted by Crippen LogP contribution is -2.41. The van der Waals surface area contributed by atoms with Crippen LogP contribution in [-0.2, 0) is 10.0 Å². The summed E-state index contributed by atoms with van der Waals surface area (Å²) in [5.74, 6) is 1.17. The SMILES string of the molecule is CCNC(C)C(CC)CC1CCCN(S(C)(=O)=O)C1. The van der Waals surface area contributed by atoms with Gasteiger partial charge in [0.25, 0.3) is 0 Å². The third-order valence-electron chi connectivity index (χ3n) is 4.34. The molecule has 3 unspecified atom stereocenters. The van der Waals surface area contributed by atoms with Crippen molar-refractivity contribution in [2.24, 2.45) is 11.8 Å². The summed E-state index contributed by atoms with van der Waals surface area (Å²) >= 11 is 0. The molecule has 114 valence electrons. The van der Waals surface area contributed by atoms with Crippen molar-refractivity contribution in [3.8, 4) is 0 Å². The number of nitrogens with one attached hydrogen (secondary N) is 1. The molecule has 1 rings (SSSR count). The summed E-state index contributed by atoms with van der Waals surface area (Å²) in [4.78, 5) is 0. The molecule has 0 aromatic carbocycles. The van der Waals surface area contributed by atoms with Crippen LogP contribution in [-0.4, -0.2) is 44.7 Å². The highest BCUT2D eigenvalue weighted by Gasteiger charge is 2.28. The lowest BCUT2D eigenvalue weighted by atomic mass is 9.84. The Bertz CT molecular complexity index is 356. The highest BCUT2D eigenvalue weighted by atomic mass is 32.2. The first-order valence-corrected chi connectivity index (χ1v) is 9.41. The van der Waals surface area contributed by atoms with Gasteiger partial charge < -0.3 is 5.32 Å². The maximum Gasteiger partial charge on any atom is 0.211 e. The van der Waals surface area contributed by atoms with Crippen LogP contribution in [0.3, 0.4) is 0 Å². The monoisotopic (exact) mass is 290 g/mol. The van der Waals surface area contributed by atoms with Crippen molar-refractivity contribution >= 4 is 10.0 Å². The van der Waals surface area contributed by atoms with Gasteiger partial charge in [0, 0.05) is 19.1 Å². The summed E-state index contributed by atoms with van der Waals surface area (Å²) in [7, 11) is -3.01. The summed E-state index contributed by atoms with van der Waals surface area (Å²) in [5, 5.41) is 3.50. The van der Waals surface area contributed by atoms with Gasteiger partial charge in [0.15, 0.2) is 0 Å². The lowest BCUT2D eigenvalue weighted by Gasteiger charge is -2.34. The Balaban J connectivity index is 2.55. The van der Waals surface area contributed by atoms with E-state index < -0.39 is 10.0 Å². The van der Waals surface area contributed by atoms with E-state index in [4.69, 9.17) is 0 Å². The molecule has 0 radical (unpaired) electrons. The minimum atomic E-state index is -3.01. The maximum atomic E-state index is 11.6. The quantitative estimate of drug-likeness (QED) is 0.781. The van der Waals surface area contributed by atoms with Crippen LogP contribution in [0.25, 0.3) is 0 Å². The zero-order valence-electron chi connectivity index (χ0n) is 12.9. The van der Waals surface area contributed by atoms with E-state index in [-0.39, 0.29) is 0 Å². The molecule has 0 aromatic rings. The Morgan fingerprint density at radius 1 is 1.37 bits per heavy atom. The molecule has 0 spiro atoms.